The van der Waals surface area contributed by atoms with E-state index >= 15 is 0 Å². The quantitative estimate of drug-likeness (QED) is 0.483. The minimum Gasteiger partial charge on any atom is -0.495 e. The Kier molecular flexibility index (Phi) is 5.28. The van der Waals surface area contributed by atoms with Gasteiger partial charge < -0.3 is 13.9 Å². The highest BCUT2D eigenvalue weighted by Crippen LogP contribution is 2.33. The summed E-state index contributed by atoms with van der Waals surface area (Å²) in [5.41, 5.74) is 3.41. The molecule has 0 aliphatic rings. The van der Waals surface area contributed by atoms with Crippen LogP contribution in [0.15, 0.2) is 65.8 Å². The summed E-state index contributed by atoms with van der Waals surface area (Å²) in [6.45, 7) is 1.97. The van der Waals surface area contributed by atoms with Crippen LogP contribution in [0, 0.1) is 12.7 Å². The fraction of sp³-hybridized carbons (Fsp3) is 0.136. The fourth-order valence-electron chi connectivity index (χ4n) is 3.26. The molecule has 0 aliphatic carbocycles. The SMILES string of the molecule is COc1ccc(S(=O)(=O)Nc2cc(-c3cn4cccc(C)c4n3)ccc2OC)cc1F. The third-order valence-electron chi connectivity index (χ3n) is 4.85. The van der Waals surface area contributed by atoms with Gasteiger partial charge in [-0.3, -0.25) is 4.72 Å². The van der Waals surface area contributed by atoms with E-state index < -0.39 is 15.8 Å². The molecule has 0 spiro atoms. The third-order valence-corrected chi connectivity index (χ3v) is 6.21. The van der Waals surface area contributed by atoms with Crippen LogP contribution in [0.25, 0.3) is 16.9 Å². The number of hydrogen-bond acceptors (Lipinski definition) is 5. The van der Waals surface area contributed by atoms with Crippen molar-refractivity contribution in [3.8, 4) is 22.8 Å². The number of aryl methyl sites for hydroxylation is 1. The lowest BCUT2D eigenvalue weighted by atomic mass is 10.1. The Balaban J connectivity index is 1.74. The zero-order valence-electron chi connectivity index (χ0n) is 17.1. The summed E-state index contributed by atoms with van der Waals surface area (Å²) in [5.74, 6) is -0.493. The topological polar surface area (TPSA) is 81.9 Å². The van der Waals surface area contributed by atoms with Crippen molar-refractivity contribution in [1.29, 1.82) is 0 Å². The second kappa shape index (κ2) is 7.92. The van der Waals surface area contributed by atoms with Gasteiger partial charge in [-0.1, -0.05) is 6.07 Å². The molecule has 0 saturated heterocycles. The predicted octanol–water partition coefficient (Wildman–Crippen LogP) is 4.27. The van der Waals surface area contributed by atoms with Gasteiger partial charge in [-0.2, -0.15) is 0 Å². The number of hydrogen-bond donors (Lipinski definition) is 1. The van der Waals surface area contributed by atoms with E-state index in [1.54, 1.807) is 18.2 Å². The highest BCUT2D eigenvalue weighted by Gasteiger charge is 2.20. The number of rotatable bonds is 6. The van der Waals surface area contributed by atoms with Crippen LogP contribution in [0.5, 0.6) is 11.5 Å². The molecule has 1 N–H and O–H groups in total. The first-order valence-corrected chi connectivity index (χ1v) is 10.8. The lowest BCUT2D eigenvalue weighted by molar-refractivity contribution is 0.385. The molecule has 7 nitrogen and oxygen atoms in total. The fourth-order valence-corrected chi connectivity index (χ4v) is 4.33. The lowest BCUT2D eigenvalue weighted by Gasteiger charge is -2.13. The molecule has 2 aromatic carbocycles. The van der Waals surface area contributed by atoms with Crippen LogP contribution in [0.4, 0.5) is 10.1 Å². The number of aromatic nitrogens is 2. The number of methoxy groups -OCH3 is 2. The molecule has 9 heteroatoms. The van der Waals surface area contributed by atoms with E-state index in [0.717, 1.165) is 17.3 Å². The second-order valence-electron chi connectivity index (χ2n) is 6.87. The maximum absolute atomic E-state index is 14.0. The van der Waals surface area contributed by atoms with Gasteiger partial charge in [-0.05, 0) is 55.0 Å². The molecule has 4 aromatic rings. The number of benzene rings is 2. The van der Waals surface area contributed by atoms with Crippen molar-refractivity contribution in [3.63, 3.8) is 0 Å². The van der Waals surface area contributed by atoms with Crippen molar-refractivity contribution in [3.05, 3.63) is 72.3 Å². The molecule has 4 rings (SSSR count). The Labute approximate surface area is 179 Å². The van der Waals surface area contributed by atoms with Crippen molar-refractivity contribution in [2.75, 3.05) is 18.9 Å². The van der Waals surface area contributed by atoms with Crippen LogP contribution >= 0.6 is 0 Å². The Hall–Kier alpha value is -3.59. The number of imidazole rings is 1. The van der Waals surface area contributed by atoms with Crippen LogP contribution in [0.1, 0.15) is 5.56 Å². The van der Waals surface area contributed by atoms with Gasteiger partial charge in [-0.15, -0.1) is 0 Å². The van der Waals surface area contributed by atoms with Gasteiger partial charge >= 0.3 is 0 Å². The van der Waals surface area contributed by atoms with Crippen molar-refractivity contribution < 1.29 is 22.3 Å². The average molecular weight is 441 g/mol. The van der Waals surface area contributed by atoms with Gasteiger partial charge in [0.1, 0.15) is 11.4 Å². The molecule has 0 saturated carbocycles. The minimum absolute atomic E-state index is 0.0410. The first-order valence-electron chi connectivity index (χ1n) is 9.31. The molecular weight excluding hydrogens is 421 g/mol. The molecule has 0 fully saturated rings. The number of nitrogens with one attached hydrogen (secondary N) is 1. The number of nitrogens with zero attached hydrogens (tertiary/aromatic N) is 2. The maximum atomic E-state index is 14.0. The van der Waals surface area contributed by atoms with Gasteiger partial charge in [0.15, 0.2) is 11.6 Å². The van der Waals surface area contributed by atoms with E-state index in [2.05, 4.69) is 9.71 Å². The Bertz CT molecular complexity index is 1380. The van der Waals surface area contributed by atoms with Gasteiger partial charge in [0, 0.05) is 18.0 Å². The van der Waals surface area contributed by atoms with Gasteiger partial charge in [0.25, 0.3) is 10.0 Å². The van der Waals surface area contributed by atoms with Crippen molar-refractivity contribution in [1.82, 2.24) is 9.38 Å². The van der Waals surface area contributed by atoms with Crippen molar-refractivity contribution in [2.45, 2.75) is 11.8 Å². The molecule has 0 aliphatic heterocycles. The molecule has 0 radical (unpaired) electrons. The van der Waals surface area contributed by atoms with E-state index in [1.165, 1.54) is 26.4 Å². The first kappa shape index (κ1) is 20.7. The molecular formula is C22H20FN3O4S. The first-order chi connectivity index (χ1) is 14.8. The number of halogens is 1. The monoisotopic (exact) mass is 441 g/mol. The molecule has 31 heavy (non-hydrogen) atoms. The molecule has 0 unspecified atom stereocenters. The maximum Gasteiger partial charge on any atom is 0.262 e. The Morgan fingerprint density at radius 1 is 1.03 bits per heavy atom. The Morgan fingerprint density at radius 3 is 2.45 bits per heavy atom. The number of sulfonamides is 1. The molecule has 160 valence electrons. The van der Waals surface area contributed by atoms with Crippen LogP contribution in [-0.2, 0) is 10.0 Å². The smallest absolute Gasteiger partial charge is 0.262 e. The summed E-state index contributed by atoms with van der Waals surface area (Å²) < 4.78 is 54.3. The normalized spacial score (nSPS) is 11.5. The summed E-state index contributed by atoms with van der Waals surface area (Å²) in [6, 6.07) is 12.4. The van der Waals surface area contributed by atoms with E-state index in [0.29, 0.717) is 17.0 Å². The second-order valence-corrected chi connectivity index (χ2v) is 8.55. The van der Waals surface area contributed by atoms with Gasteiger partial charge in [-0.25, -0.2) is 17.8 Å². The van der Waals surface area contributed by atoms with E-state index in [4.69, 9.17) is 9.47 Å². The van der Waals surface area contributed by atoms with Crippen LogP contribution in [0.2, 0.25) is 0 Å². The van der Waals surface area contributed by atoms with E-state index in [1.807, 2.05) is 35.9 Å². The minimum atomic E-state index is -4.07. The largest absolute Gasteiger partial charge is 0.495 e. The predicted molar refractivity (Wildman–Crippen MR) is 116 cm³/mol. The average Bonchev–Trinajstić information content (AvgIpc) is 3.19. The molecule has 0 atom stereocenters. The summed E-state index contributed by atoms with van der Waals surface area (Å²) in [7, 11) is -1.33. The van der Waals surface area contributed by atoms with Gasteiger partial charge in [0.2, 0.25) is 0 Å². The molecule has 0 amide bonds. The standard InChI is InChI=1S/C22H20FN3O4S/c1-14-5-4-10-26-13-19(24-22(14)26)15-6-8-21(30-3)18(11-15)25-31(27,28)16-7-9-20(29-2)17(23)12-16/h4-13,25H,1-3H3. The van der Waals surface area contributed by atoms with Crippen molar-refractivity contribution >= 4 is 21.4 Å². The van der Waals surface area contributed by atoms with Crippen LogP contribution in [0.3, 0.4) is 0 Å². The zero-order chi connectivity index (χ0) is 22.2. The molecule has 2 heterocycles. The number of fused-ring (bicyclic) bond motifs is 1. The molecule has 0 bridgehead atoms. The highest BCUT2D eigenvalue weighted by molar-refractivity contribution is 7.92. The van der Waals surface area contributed by atoms with Crippen LogP contribution < -0.4 is 14.2 Å². The lowest BCUT2D eigenvalue weighted by Crippen LogP contribution is -2.14. The number of anilines is 1. The summed E-state index contributed by atoms with van der Waals surface area (Å²) in [4.78, 5) is 4.41. The summed E-state index contributed by atoms with van der Waals surface area (Å²) in [5, 5.41) is 0. The highest BCUT2D eigenvalue weighted by atomic mass is 32.2. The zero-order valence-corrected chi connectivity index (χ0v) is 17.9. The van der Waals surface area contributed by atoms with E-state index in [9.17, 15) is 12.8 Å². The number of pyridine rings is 1. The van der Waals surface area contributed by atoms with Gasteiger partial charge in [0.05, 0.1) is 30.5 Å². The summed E-state index contributed by atoms with van der Waals surface area (Å²) in [6.07, 6.45) is 3.76. The van der Waals surface area contributed by atoms with E-state index in [-0.39, 0.29) is 16.3 Å². The molecule has 2 aromatic heterocycles. The summed E-state index contributed by atoms with van der Waals surface area (Å²) >= 11 is 0. The third kappa shape index (κ3) is 3.91. The van der Waals surface area contributed by atoms with Crippen molar-refractivity contribution in [2.24, 2.45) is 0 Å². The Morgan fingerprint density at radius 2 is 1.77 bits per heavy atom. The number of ether oxygens (including phenoxy) is 2. The van der Waals surface area contributed by atoms with Crippen LogP contribution in [-0.4, -0.2) is 32.0 Å².